The molecule has 0 saturated heterocycles. The largest absolute Gasteiger partial charge is 0.335 e. The lowest BCUT2D eigenvalue weighted by Crippen LogP contribution is -2.36. The molecule has 1 aromatic carbocycles. The quantitative estimate of drug-likeness (QED) is 0.841. The van der Waals surface area contributed by atoms with E-state index in [0.717, 1.165) is 23.4 Å². The van der Waals surface area contributed by atoms with Gasteiger partial charge in [-0.3, -0.25) is 0 Å². The lowest BCUT2D eigenvalue weighted by atomic mass is 9.86. The Balaban J connectivity index is 2.56. The third-order valence-electron chi connectivity index (χ3n) is 3.28. The van der Waals surface area contributed by atoms with Crippen molar-refractivity contribution in [1.82, 2.24) is 5.32 Å². The van der Waals surface area contributed by atoms with Crippen molar-refractivity contribution in [1.29, 1.82) is 5.26 Å². The Labute approximate surface area is 131 Å². The van der Waals surface area contributed by atoms with Crippen molar-refractivity contribution < 1.29 is 4.79 Å². The predicted molar refractivity (Wildman–Crippen MR) is 89.7 cm³/mol. The highest BCUT2D eigenvalue weighted by Gasteiger charge is 2.19. The van der Waals surface area contributed by atoms with Gasteiger partial charge in [0.05, 0.1) is 11.5 Å². The van der Waals surface area contributed by atoms with E-state index in [-0.39, 0.29) is 12.1 Å². The summed E-state index contributed by atoms with van der Waals surface area (Å²) in [7, 11) is 0. The molecule has 0 aliphatic carbocycles. The van der Waals surface area contributed by atoms with Crippen molar-refractivity contribution in [2.75, 3.05) is 17.3 Å². The van der Waals surface area contributed by atoms with E-state index in [1.807, 2.05) is 45.0 Å². The van der Waals surface area contributed by atoms with Crippen LogP contribution in [0.1, 0.15) is 32.8 Å². The normalized spacial score (nSPS) is 12.3. The van der Waals surface area contributed by atoms with Gasteiger partial charge >= 0.3 is 6.03 Å². The van der Waals surface area contributed by atoms with Gasteiger partial charge < -0.3 is 10.6 Å². The topological polar surface area (TPSA) is 64.9 Å². The molecule has 1 aromatic rings. The number of anilines is 1. The van der Waals surface area contributed by atoms with Crippen LogP contribution in [0.5, 0.6) is 0 Å². The minimum atomic E-state index is -0.521. The number of nitrogens with zero attached hydrogens (tertiary/aromatic N) is 1. The van der Waals surface area contributed by atoms with Gasteiger partial charge in [-0.25, -0.2) is 4.79 Å². The maximum Gasteiger partial charge on any atom is 0.319 e. The van der Waals surface area contributed by atoms with E-state index in [1.165, 1.54) is 0 Å². The molecule has 1 rings (SSSR count). The molecular weight excluding hydrogens is 282 g/mol. The first-order chi connectivity index (χ1) is 9.89. The molecule has 0 aliphatic rings. The molecule has 0 fully saturated rings. The monoisotopic (exact) mass is 305 g/mol. The molecule has 0 radical (unpaired) electrons. The number of hydrogen-bond acceptors (Lipinski definition) is 3. The summed E-state index contributed by atoms with van der Waals surface area (Å²) in [4.78, 5) is 11.8. The fourth-order valence-corrected chi connectivity index (χ4v) is 2.38. The molecule has 2 N–H and O–H groups in total. The summed E-state index contributed by atoms with van der Waals surface area (Å²) in [5.74, 6) is 1.03. The van der Waals surface area contributed by atoms with Crippen molar-refractivity contribution in [3.63, 3.8) is 0 Å². The zero-order chi connectivity index (χ0) is 15.9. The van der Waals surface area contributed by atoms with Crippen LogP contribution >= 0.6 is 11.8 Å². The maximum absolute atomic E-state index is 11.8. The Morgan fingerprint density at radius 1 is 1.38 bits per heavy atom. The molecule has 0 unspecified atom stereocenters. The molecule has 4 nitrogen and oxygen atoms in total. The second-order valence-electron chi connectivity index (χ2n) is 5.60. The molecule has 0 aliphatic heterocycles. The highest BCUT2D eigenvalue weighted by atomic mass is 32.2. The number of nitrogens with one attached hydrogen (secondary N) is 2. The fourth-order valence-electron chi connectivity index (χ4n) is 1.79. The van der Waals surface area contributed by atoms with Crippen molar-refractivity contribution in [2.24, 2.45) is 0 Å². The van der Waals surface area contributed by atoms with Crippen LogP contribution in [0.25, 0.3) is 0 Å². The standard InChI is InChI=1S/C16H23N3OS/c1-12(9-10-21-4)18-15(20)19-14-7-5-13(6-8-14)16(2,3)11-17/h5-8,12H,9-10H2,1-4H3,(H2,18,19,20)/t12-/m0/s1. The summed E-state index contributed by atoms with van der Waals surface area (Å²) >= 11 is 1.77. The van der Waals surface area contributed by atoms with E-state index in [0.29, 0.717) is 0 Å². The van der Waals surface area contributed by atoms with E-state index >= 15 is 0 Å². The van der Waals surface area contributed by atoms with Crippen LogP contribution < -0.4 is 10.6 Å². The maximum atomic E-state index is 11.8. The Kier molecular flexibility index (Phi) is 6.57. The van der Waals surface area contributed by atoms with Gasteiger partial charge in [0.15, 0.2) is 0 Å². The summed E-state index contributed by atoms with van der Waals surface area (Å²) in [5.41, 5.74) is 1.14. The summed E-state index contributed by atoms with van der Waals surface area (Å²) in [6, 6.07) is 9.59. The summed E-state index contributed by atoms with van der Waals surface area (Å²) < 4.78 is 0. The highest BCUT2D eigenvalue weighted by Crippen LogP contribution is 2.23. The first kappa shape index (κ1) is 17.4. The number of urea groups is 1. The van der Waals surface area contributed by atoms with Crippen molar-refractivity contribution in [2.45, 2.75) is 38.6 Å². The van der Waals surface area contributed by atoms with Gasteiger partial charge in [0, 0.05) is 11.7 Å². The molecule has 114 valence electrons. The number of hydrogen-bond donors (Lipinski definition) is 2. The van der Waals surface area contributed by atoms with Crippen molar-refractivity contribution in [3.05, 3.63) is 29.8 Å². The fraction of sp³-hybridized carbons (Fsp3) is 0.500. The number of thioether (sulfide) groups is 1. The third-order valence-corrected chi connectivity index (χ3v) is 3.92. The minimum absolute atomic E-state index is 0.147. The zero-order valence-corrected chi connectivity index (χ0v) is 13.9. The van der Waals surface area contributed by atoms with Gasteiger partial charge in [-0.15, -0.1) is 0 Å². The Morgan fingerprint density at radius 3 is 2.52 bits per heavy atom. The highest BCUT2D eigenvalue weighted by molar-refractivity contribution is 7.98. The van der Waals surface area contributed by atoms with Crippen LogP contribution in [0, 0.1) is 11.3 Å². The van der Waals surface area contributed by atoms with E-state index in [9.17, 15) is 4.79 Å². The molecule has 1 atom stereocenters. The van der Waals surface area contributed by atoms with Crippen LogP contribution in [0.3, 0.4) is 0 Å². The van der Waals surface area contributed by atoms with E-state index in [4.69, 9.17) is 5.26 Å². The third kappa shape index (κ3) is 5.68. The molecule has 5 heteroatoms. The molecule has 0 saturated carbocycles. The second-order valence-corrected chi connectivity index (χ2v) is 6.58. The minimum Gasteiger partial charge on any atom is -0.335 e. The van der Waals surface area contributed by atoms with E-state index in [1.54, 1.807) is 11.8 Å². The van der Waals surface area contributed by atoms with Crippen LogP contribution in [0.15, 0.2) is 24.3 Å². The molecule has 0 bridgehead atoms. The molecule has 2 amide bonds. The summed E-state index contributed by atoms with van der Waals surface area (Å²) in [6.07, 6.45) is 3.00. The molecular formula is C16H23N3OS. The first-order valence-corrected chi connectivity index (χ1v) is 8.36. The Bertz CT molecular complexity index is 505. The molecule has 0 spiro atoms. The van der Waals surface area contributed by atoms with Gasteiger partial charge in [0.2, 0.25) is 0 Å². The SMILES string of the molecule is CSCC[C@H](C)NC(=O)Nc1ccc(C(C)(C)C#N)cc1. The molecule has 0 aromatic heterocycles. The van der Waals surface area contributed by atoms with E-state index in [2.05, 4.69) is 23.0 Å². The Morgan fingerprint density at radius 2 is 2.00 bits per heavy atom. The Hall–Kier alpha value is -1.67. The van der Waals surface area contributed by atoms with Gasteiger partial charge in [-0.05, 0) is 56.9 Å². The number of carbonyl (C=O) groups excluding carboxylic acids is 1. The zero-order valence-electron chi connectivity index (χ0n) is 13.1. The van der Waals surface area contributed by atoms with Crippen LogP contribution in [-0.4, -0.2) is 24.1 Å². The van der Waals surface area contributed by atoms with Gasteiger partial charge in [0.25, 0.3) is 0 Å². The van der Waals surface area contributed by atoms with E-state index < -0.39 is 5.41 Å². The average molecular weight is 305 g/mol. The lowest BCUT2D eigenvalue weighted by Gasteiger charge is -2.17. The molecule has 0 heterocycles. The number of amides is 2. The number of nitriles is 1. The summed E-state index contributed by atoms with van der Waals surface area (Å²) in [5, 5.41) is 14.8. The van der Waals surface area contributed by atoms with Gasteiger partial charge in [0.1, 0.15) is 0 Å². The summed E-state index contributed by atoms with van der Waals surface area (Å²) in [6.45, 7) is 5.74. The predicted octanol–water partition coefficient (Wildman–Crippen LogP) is 3.75. The number of rotatable bonds is 6. The average Bonchev–Trinajstić information content (AvgIpc) is 2.45. The second kappa shape index (κ2) is 7.94. The van der Waals surface area contributed by atoms with Crippen molar-refractivity contribution >= 4 is 23.5 Å². The van der Waals surface area contributed by atoms with Crippen LogP contribution in [0.4, 0.5) is 10.5 Å². The number of carbonyl (C=O) groups is 1. The van der Waals surface area contributed by atoms with Gasteiger partial charge in [-0.2, -0.15) is 17.0 Å². The van der Waals surface area contributed by atoms with Gasteiger partial charge in [-0.1, -0.05) is 12.1 Å². The first-order valence-electron chi connectivity index (χ1n) is 6.97. The van der Waals surface area contributed by atoms with Crippen LogP contribution in [0.2, 0.25) is 0 Å². The van der Waals surface area contributed by atoms with Crippen LogP contribution in [-0.2, 0) is 5.41 Å². The molecule has 21 heavy (non-hydrogen) atoms. The van der Waals surface area contributed by atoms with Crippen molar-refractivity contribution in [3.8, 4) is 6.07 Å². The number of benzene rings is 1. The smallest absolute Gasteiger partial charge is 0.319 e. The lowest BCUT2D eigenvalue weighted by molar-refractivity contribution is 0.249.